The van der Waals surface area contributed by atoms with Gasteiger partial charge < -0.3 is 69.7 Å². The molecule has 15 fully saturated rings. The second-order valence-corrected chi connectivity index (χ2v) is 27.5. The summed E-state index contributed by atoms with van der Waals surface area (Å²) in [6.07, 6.45) is 13.4. The third-order valence-electron chi connectivity index (χ3n) is 21.3. The van der Waals surface area contributed by atoms with Crippen LogP contribution in [0.4, 0.5) is 4.79 Å². The number of carbonyl (C=O) groups is 4. The van der Waals surface area contributed by atoms with Crippen LogP contribution in [0.1, 0.15) is 160 Å². The van der Waals surface area contributed by atoms with Crippen molar-refractivity contribution in [1.82, 2.24) is 20.4 Å². The zero-order chi connectivity index (χ0) is 53.7. The van der Waals surface area contributed by atoms with Crippen LogP contribution in [0.2, 0.25) is 0 Å². The number of rotatable bonds is 7. The van der Waals surface area contributed by atoms with Gasteiger partial charge in [0, 0.05) is 19.0 Å². The summed E-state index contributed by atoms with van der Waals surface area (Å²) >= 11 is 0. The van der Waals surface area contributed by atoms with Crippen molar-refractivity contribution in [3.8, 4) is 0 Å². The lowest BCUT2D eigenvalue weighted by molar-refractivity contribution is -0.199. The molecule has 3 amide bonds. The van der Waals surface area contributed by atoms with Crippen LogP contribution in [0.25, 0.3) is 0 Å². The number of carbonyl (C=O) groups excluding carboxylic acids is 3. The predicted octanol–water partition coefficient (Wildman–Crippen LogP) is 5.43. The topological polar surface area (TPSA) is 236 Å². The van der Waals surface area contributed by atoms with E-state index in [0.29, 0.717) is 58.5 Å². The van der Waals surface area contributed by atoms with E-state index in [9.17, 15) is 19.2 Å². The molecule has 6 heterocycles. The minimum absolute atomic E-state index is 0. The molecule has 15 aliphatic rings. The maximum Gasteiger partial charge on any atom is 0.481 e. The van der Waals surface area contributed by atoms with Crippen molar-refractivity contribution < 1.29 is 56.9 Å². The first-order chi connectivity index (χ1) is 34.6. The summed E-state index contributed by atoms with van der Waals surface area (Å²) < 4.78 is 43.7. The van der Waals surface area contributed by atoms with Crippen LogP contribution < -0.4 is 22.1 Å². The third kappa shape index (κ3) is 10.6. The van der Waals surface area contributed by atoms with Gasteiger partial charge >= 0.3 is 33.4 Å². The number of aliphatic carboxylic acids is 1. The van der Waals surface area contributed by atoms with E-state index in [4.69, 9.17) is 43.5 Å². The molecule has 0 spiro atoms. The fourth-order valence-electron chi connectivity index (χ4n) is 16.6. The van der Waals surface area contributed by atoms with Crippen molar-refractivity contribution in [2.75, 3.05) is 39.3 Å². The van der Waals surface area contributed by atoms with Crippen molar-refractivity contribution in [2.24, 2.45) is 63.2 Å². The van der Waals surface area contributed by atoms with Gasteiger partial charge in [-0.05, 0) is 177 Å². The minimum atomic E-state index is -0.968. The molecule has 0 aromatic rings. The van der Waals surface area contributed by atoms with E-state index in [2.05, 4.69) is 78.7 Å². The molecule has 6 aliphatic heterocycles. The number of nitrogens with zero attached hydrogens (tertiary/aromatic N) is 2. The minimum Gasteiger partial charge on any atom is -0.480 e. The van der Waals surface area contributed by atoms with Crippen LogP contribution in [-0.4, -0.2) is 158 Å². The molecule has 6 bridgehead atoms. The van der Waals surface area contributed by atoms with E-state index in [0.717, 1.165) is 63.5 Å². The summed E-state index contributed by atoms with van der Waals surface area (Å²) in [5.41, 5.74) is 10.1. The van der Waals surface area contributed by atoms with Crippen LogP contribution in [0.5, 0.6) is 0 Å². The fourth-order valence-corrected chi connectivity index (χ4v) is 16.6. The molecule has 422 valence electrons. The Balaban J connectivity index is 0.000000145. The number of ether oxygens (including phenoxy) is 1. The lowest BCUT2D eigenvalue weighted by Crippen LogP contribution is -2.65. The molecule has 75 heavy (non-hydrogen) atoms. The van der Waals surface area contributed by atoms with Gasteiger partial charge in [-0.1, -0.05) is 41.5 Å². The molecule has 7 N–H and O–H groups in total. The highest BCUT2D eigenvalue weighted by Gasteiger charge is 2.71. The van der Waals surface area contributed by atoms with Crippen LogP contribution >= 0.6 is 12.4 Å². The lowest BCUT2D eigenvalue weighted by Gasteiger charge is -2.64. The molecule has 0 radical (unpaired) electrons. The monoisotopic (exact) mass is 1070 g/mol. The van der Waals surface area contributed by atoms with Crippen molar-refractivity contribution in [1.29, 1.82) is 0 Å². The number of carboxylic acid groups (broad SMARTS) is 1. The van der Waals surface area contributed by atoms with Crippen LogP contribution in [0, 0.1) is 51.8 Å². The van der Waals surface area contributed by atoms with Gasteiger partial charge in [0.05, 0.1) is 60.1 Å². The molecule has 9 aliphatic carbocycles. The highest BCUT2D eigenvalue weighted by Crippen LogP contribution is 2.68. The van der Waals surface area contributed by atoms with Gasteiger partial charge in [0.1, 0.15) is 12.1 Å². The zero-order valence-electron chi connectivity index (χ0n) is 47.3. The van der Waals surface area contributed by atoms with Crippen molar-refractivity contribution in [3.63, 3.8) is 0 Å². The maximum atomic E-state index is 12.8. The van der Waals surface area contributed by atoms with Crippen molar-refractivity contribution >= 4 is 57.6 Å². The van der Waals surface area contributed by atoms with E-state index in [1.54, 1.807) is 20.8 Å². The van der Waals surface area contributed by atoms with Crippen LogP contribution in [0.15, 0.2) is 0 Å². The van der Waals surface area contributed by atoms with Crippen molar-refractivity contribution in [2.45, 2.75) is 219 Å². The summed E-state index contributed by atoms with van der Waals surface area (Å²) in [6, 6.07) is 0. The fraction of sp³-hybridized carbons (Fsp3) is 0.925. The molecular weight excluding hydrogens is 981 g/mol. The Morgan fingerprint density at radius 3 is 1.39 bits per heavy atom. The molecule has 0 aromatic heterocycles. The van der Waals surface area contributed by atoms with Gasteiger partial charge in [-0.2, -0.15) is 0 Å². The van der Waals surface area contributed by atoms with E-state index < -0.39 is 17.7 Å². The molecule has 18 nitrogen and oxygen atoms in total. The van der Waals surface area contributed by atoms with E-state index >= 15 is 0 Å². The van der Waals surface area contributed by atoms with Gasteiger partial charge in [-0.15, -0.1) is 12.4 Å². The smallest absolute Gasteiger partial charge is 0.480 e. The molecule has 15 atom stereocenters. The number of nitrogens with two attached hydrogens (primary N) is 2. The van der Waals surface area contributed by atoms with Gasteiger partial charge in [0.15, 0.2) is 0 Å². The quantitative estimate of drug-likeness (QED) is 0.200. The van der Waals surface area contributed by atoms with Gasteiger partial charge in [-0.25, -0.2) is 4.79 Å². The van der Waals surface area contributed by atoms with Gasteiger partial charge in [-0.3, -0.25) is 14.4 Å². The second kappa shape index (κ2) is 21.4. The average Bonchev–Trinajstić information content (AvgIpc) is 4.20. The van der Waals surface area contributed by atoms with Crippen LogP contribution in [0.3, 0.4) is 0 Å². The summed E-state index contributed by atoms with van der Waals surface area (Å²) in [5.74, 6) is 3.35. The normalized spacial score (nSPS) is 41.2. The Kier molecular flexibility index (Phi) is 16.8. The Hall–Kier alpha value is -2.20. The number of likely N-dealkylation sites (tertiary alicyclic amines) is 2. The van der Waals surface area contributed by atoms with Crippen molar-refractivity contribution in [3.05, 3.63) is 0 Å². The summed E-state index contributed by atoms with van der Waals surface area (Å²) in [4.78, 5) is 49.7. The number of hydrogen-bond donors (Lipinski definition) is 5. The standard InChI is InChI=1S/C21H35BN2O5.C16H27BN2O3.C14H24BNO2.C2H5NO2.ClH/c1-19(2,3)27-18(26)23-12-17(25)24-9-7-8-16(24)22-28-15-11-13-10-14(20(13,4)5)21(15,6)29-22;1-15(2)10-7-11(15)16(3)12(8-10)21-17(22-16)13-5-4-6-19(13)14(20)9-18;1-13(2)9-7-10(13)14(3)11(8-9)17-15(18-14)12-5-4-6-16-12;3-1-2(4)5;/h13-16H,7-12H2,1-6H3,(H,23,26);10-13H,4-9,18H2,1-3H3;9-12,16H,4-8H2,1-3H3;1,3H2,(H,4,5);1H/t13-,14-,15+,16-,21-;10-,11-,12+,13-,16-;9-,10-,11+,12-,14-;;/m000../s1. The first-order valence-electron chi connectivity index (χ1n) is 28.5. The molecular formula is C53H92B3ClN6O12. The van der Waals surface area contributed by atoms with Gasteiger partial charge in [0.25, 0.3) is 0 Å². The summed E-state index contributed by atoms with van der Waals surface area (Å²) in [5, 5.41) is 13.7. The average molecular weight is 1070 g/mol. The number of halogens is 1. The first-order valence-corrected chi connectivity index (χ1v) is 28.5. The third-order valence-corrected chi connectivity index (χ3v) is 21.3. The lowest BCUT2D eigenvalue weighted by atomic mass is 9.43. The largest absolute Gasteiger partial charge is 0.481 e. The zero-order valence-corrected chi connectivity index (χ0v) is 48.1. The predicted molar refractivity (Wildman–Crippen MR) is 288 cm³/mol. The highest BCUT2D eigenvalue weighted by atomic mass is 35.5. The maximum absolute atomic E-state index is 12.8. The summed E-state index contributed by atoms with van der Waals surface area (Å²) in [6.45, 7) is 28.7. The number of nitrogens with one attached hydrogen (secondary N) is 2. The Morgan fingerprint density at radius 2 is 1.03 bits per heavy atom. The second-order valence-electron chi connectivity index (χ2n) is 27.5. The van der Waals surface area contributed by atoms with Crippen LogP contribution in [-0.2, 0) is 47.0 Å². The molecule has 22 heteroatoms. The Morgan fingerprint density at radius 1 is 0.627 bits per heavy atom. The van der Waals surface area contributed by atoms with Gasteiger partial charge in [0.2, 0.25) is 11.8 Å². The molecule has 0 aromatic carbocycles. The Labute approximate surface area is 454 Å². The Bertz CT molecular complexity index is 2120. The SMILES string of the molecule is CC(C)(C)OC(=O)NCC(=O)N1CCC[C@H]1B1O[C@@H]2C[C@@H]3C[C@@H](C3(C)C)[C@]2(C)O1.CC1(C)[C@@H]2C[C@H]3OB([C@@H]4CCCN4)O[C@@]3(C)[C@H]1C2.CC1(C)[C@@H]2C[C@H]3OB([C@@H]4CCCN4C(=O)CN)O[C@@]3(C)[C@H]1C2.Cl.NCC(=O)O. The number of amides is 3. The molecule has 6 saturated heterocycles. The van der Waals surface area contributed by atoms with E-state index in [1.807, 2.05) is 9.80 Å². The molecule has 0 unspecified atom stereocenters. The molecule has 9 saturated carbocycles. The van der Waals surface area contributed by atoms with E-state index in [-0.39, 0.29) is 106 Å². The number of carboxylic acids is 1. The summed E-state index contributed by atoms with van der Waals surface area (Å²) in [7, 11) is -0.658. The van der Waals surface area contributed by atoms with E-state index in [1.165, 1.54) is 38.5 Å². The highest BCUT2D eigenvalue weighted by molar-refractivity contribution is 6.48. The number of alkyl carbamates (subject to hydrolysis) is 1. The first kappa shape index (κ1) is 58.9. The molecule has 15 rings (SSSR count). The number of hydrogen-bond acceptors (Lipinski definition) is 14.